The standard InChI is InChI=1S/C24H24ClN3O2/c1-24(2,3)19-12-10-17(11-13-19)16-28-14-6-8-20(23(28)30)22(29)27-26-15-18-7-4-5-9-21(18)25/h4-15H,16H2,1-3H3,(H,27,29)/b26-15-. The number of hydrazone groups is 1. The molecule has 5 nitrogen and oxygen atoms in total. The Labute approximate surface area is 181 Å². The number of carbonyl (C=O) groups excluding carboxylic acids is 1. The van der Waals surface area contributed by atoms with Crippen molar-refractivity contribution in [2.24, 2.45) is 5.10 Å². The number of halogens is 1. The fraction of sp³-hybridized carbons (Fsp3) is 0.208. The minimum atomic E-state index is -0.569. The van der Waals surface area contributed by atoms with Crippen molar-refractivity contribution in [3.05, 3.63) is 104 Å². The van der Waals surface area contributed by atoms with Gasteiger partial charge in [0, 0.05) is 16.8 Å². The van der Waals surface area contributed by atoms with Crippen molar-refractivity contribution in [1.82, 2.24) is 9.99 Å². The van der Waals surface area contributed by atoms with Gasteiger partial charge in [-0.3, -0.25) is 9.59 Å². The highest BCUT2D eigenvalue weighted by Gasteiger charge is 2.14. The molecule has 0 atom stereocenters. The van der Waals surface area contributed by atoms with Crippen molar-refractivity contribution in [3.63, 3.8) is 0 Å². The zero-order chi connectivity index (χ0) is 21.7. The van der Waals surface area contributed by atoms with Crippen LogP contribution in [0.25, 0.3) is 0 Å². The Morgan fingerprint density at radius 1 is 1.07 bits per heavy atom. The van der Waals surface area contributed by atoms with Crippen LogP contribution in [0.1, 0.15) is 47.8 Å². The van der Waals surface area contributed by atoms with E-state index >= 15 is 0 Å². The monoisotopic (exact) mass is 421 g/mol. The molecule has 0 aliphatic carbocycles. The molecule has 0 aliphatic rings. The van der Waals surface area contributed by atoms with E-state index in [0.717, 1.165) is 5.56 Å². The molecule has 154 valence electrons. The summed E-state index contributed by atoms with van der Waals surface area (Å²) < 4.78 is 1.51. The lowest BCUT2D eigenvalue weighted by Crippen LogP contribution is -2.30. The van der Waals surface area contributed by atoms with Gasteiger partial charge >= 0.3 is 0 Å². The van der Waals surface area contributed by atoms with Crippen LogP contribution in [0.3, 0.4) is 0 Å². The zero-order valence-electron chi connectivity index (χ0n) is 17.2. The number of hydrogen-bond acceptors (Lipinski definition) is 3. The SMILES string of the molecule is CC(C)(C)c1ccc(Cn2cccc(C(=O)N/N=C\c3ccccc3Cl)c2=O)cc1. The molecule has 30 heavy (non-hydrogen) atoms. The Kier molecular flexibility index (Phi) is 6.53. The number of nitrogens with one attached hydrogen (secondary N) is 1. The first kappa shape index (κ1) is 21.5. The zero-order valence-corrected chi connectivity index (χ0v) is 18.0. The number of carbonyl (C=O) groups is 1. The van der Waals surface area contributed by atoms with E-state index in [1.54, 1.807) is 30.5 Å². The summed E-state index contributed by atoms with van der Waals surface area (Å²) in [5.74, 6) is -0.569. The van der Waals surface area contributed by atoms with Crippen molar-refractivity contribution < 1.29 is 4.79 Å². The number of aromatic nitrogens is 1. The Bertz CT molecular complexity index is 1130. The molecule has 0 fully saturated rings. The summed E-state index contributed by atoms with van der Waals surface area (Å²) in [6.07, 6.45) is 3.11. The van der Waals surface area contributed by atoms with E-state index in [-0.39, 0.29) is 16.5 Å². The van der Waals surface area contributed by atoms with Gasteiger partial charge in [0.1, 0.15) is 5.56 Å². The number of rotatable bonds is 5. The van der Waals surface area contributed by atoms with Crippen LogP contribution in [0.5, 0.6) is 0 Å². The normalized spacial score (nSPS) is 11.6. The van der Waals surface area contributed by atoms with E-state index in [9.17, 15) is 9.59 Å². The number of nitrogens with zero attached hydrogens (tertiary/aromatic N) is 2. The van der Waals surface area contributed by atoms with E-state index in [2.05, 4.69) is 43.4 Å². The smallest absolute Gasteiger partial charge is 0.276 e. The molecule has 0 radical (unpaired) electrons. The highest BCUT2D eigenvalue weighted by Crippen LogP contribution is 2.22. The molecule has 0 unspecified atom stereocenters. The van der Waals surface area contributed by atoms with E-state index < -0.39 is 5.91 Å². The summed E-state index contributed by atoms with van der Waals surface area (Å²) >= 11 is 6.06. The summed E-state index contributed by atoms with van der Waals surface area (Å²) in [6.45, 7) is 6.85. The number of hydrogen-bond donors (Lipinski definition) is 1. The van der Waals surface area contributed by atoms with Crippen molar-refractivity contribution >= 4 is 23.7 Å². The predicted octanol–water partition coefficient (Wildman–Crippen LogP) is 4.61. The molecule has 6 heteroatoms. The first-order valence-electron chi connectivity index (χ1n) is 9.62. The molecule has 0 bridgehead atoms. The highest BCUT2D eigenvalue weighted by atomic mass is 35.5. The van der Waals surface area contributed by atoms with Crippen molar-refractivity contribution in [3.8, 4) is 0 Å². The maximum Gasteiger partial charge on any atom is 0.276 e. The van der Waals surface area contributed by atoms with Crippen molar-refractivity contribution in [2.45, 2.75) is 32.7 Å². The first-order valence-corrected chi connectivity index (χ1v) is 10.0. The molecular formula is C24H24ClN3O2. The van der Waals surface area contributed by atoms with Gasteiger partial charge in [-0.25, -0.2) is 5.43 Å². The van der Waals surface area contributed by atoms with Crippen LogP contribution in [0.15, 0.2) is 76.8 Å². The van der Waals surface area contributed by atoms with Gasteiger partial charge in [0.15, 0.2) is 0 Å². The summed E-state index contributed by atoms with van der Waals surface area (Å²) in [6, 6.07) is 18.5. The van der Waals surface area contributed by atoms with Crippen molar-refractivity contribution in [1.29, 1.82) is 0 Å². The van der Waals surface area contributed by atoms with Gasteiger partial charge in [-0.1, -0.05) is 74.8 Å². The van der Waals surface area contributed by atoms with Crippen LogP contribution in [-0.4, -0.2) is 16.7 Å². The second-order valence-electron chi connectivity index (χ2n) is 8.02. The Balaban J connectivity index is 1.73. The number of pyridine rings is 1. The summed E-state index contributed by atoms with van der Waals surface area (Å²) in [5.41, 5.74) is 4.99. The third-order valence-electron chi connectivity index (χ3n) is 4.71. The first-order chi connectivity index (χ1) is 14.3. The fourth-order valence-electron chi connectivity index (χ4n) is 2.94. The molecule has 1 amide bonds. The van der Waals surface area contributed by atoms with Crippen LogP contribution in [0, 0.1) is 0 Å². The van der Waals surface area contributed by atoms with Gasteiger partial charge in [-0.15, -0.1) is 0 Å². The van der Waals surface area contributed by atoms with Crippen molar-refractivity contribution in [2.75, 3.05) is 0 Å². The Morgan fingerprint density at radius 2 is 1.77 bits per heavy atom. The van der Waals surface area contributed by atoms with Crippen LogP contribution < -0.4 is 11.0 Å². The largest absolute Gasteiger partial charge is 0.310 e. The maximum atomic E-state index is 12.8. The van der Waals surface area contributed by atoms with Crippen LogP contribution in [-0.2, 0) is 12.0 Å². The molecule has 2 aromatic carbocycles. The average Bonchev–Trinajstić information content (AvgIpc) is 2.70. The Hall–Kier alpha value is -3.18. The van der Waals surface area contributed by atoms with Crippen LogP contribution in [0.2, 0.25) is 5.02 Å². The maximum absolute atomic E-state index is 12.8. The minimum absolute atomic E-state index is 0.0279. The number of amides is 1. The molecule has 1 N–H and O–H groups in total. The molecular weight excluding hydrogens is 398 g/mol. The number of benzene rings is 2. The quantitative estimate of drug-likeness (QED) is 0.483. The van der Waals surface area contributed by atoms with Gasteiger partial charge in [-0.05, 0) is 34.7 Å². The van der Waals surface area contributed by atoms with E-state index in [0.29, 0.717) is 17.1 Å². The topological polar surface area (TPSA) is 63.5 Å². The van der Waals surface area contributed by atoms with E-state index in [4.69, 9.17) is 11.6 Å². The summed E-state index contributed by atoms with van der Waals surface area (Å²) in [4.78, 5) is 25.2. The summed E-state index contributed by atoms with van der Waals surface area (Å²) in [5, 5.41) is 4.43. The molecule has 1 aromatic heterocycles. The lowest BCUT2D eigenvalue weighted by molar-refractivity contribution is 0.0953. The van der Waals surface area contributed by atoms with Gasteiger partial charge in [0.2, 0.25) is 0 Å². The lowest BCUT2D eigenvalue weighted by Gasteiger charge is -2.19. The molecule has 0 spiro atoms. The van der Waals surface area contributed by atoms with Gasteiger partial charge in [-0.2, -0.15) is 5.10 Å². The molecule has 3 aromatic rings. The van der Waals surface area contributed by atoms with Gasteiger partial charge in [0.25, 0.3) is 11.5 Å². The molecule has 0 saturated carbocycles. The third-order valence-corrected chi connectivity index (χ3v) is 5.06. The molecule has 3 rings (SSSR count). The van der Waals surface area contributed by atoms with Crippen LogP contribution >= 0.6 is 11.6 Å². The van der Waals surface area contributed by atoms with E-state index in [1.165, 1.54) is 22.4 Å². The average molecular weight is 422 g/mol. The third kappa shape index (κ3) is 5.24. The highest BCUT2D eigenvalue weighted by molar-refractivity contribution is 6.33. The van der Waals surface area contributed by atoms with Crippen LogP contribution in [0.4, 0.5) is 0 Å². The second kappa shape index (κ2) is 9.09. The predicted molar refractivity (Wildman–Crippen MR) is 121 cm³/mol. The summed E-state index contributed by atoms with van der Waals surface area (Å²) in [7, 11) is 0. The lowest BCUT2D eigenvalue weighted by atomic mass is 9.87. The fourth-order valence-corrected chi connectivity index (χ4v) is 3.13. The second-order valence-corrected chi connectivity index (χ2v) is 8.43. The van der Waals surface area contributed by atoms with Gasteiger partial charge < -0.3 is 4.57 Å². The molecule has 0 aliphatic heterocycles. The molecule has 1 heterocycles. The molecule has 0 saturated heterocycles. The Morgan fingerprint density at radius 3 is 2.43 bits per heavy atom. The van der Waals surface area contributed by atoms with E-state index in [1.807, 2.05) is 18.2 Å². The minimum Gasteiger partial charge on any atom is -0.310 e. The van der Waals surface area contributed by atoms with Gasteiger partial charge in [0.05, 0.1) is 12.8 Å².